The molecule has 0 bridgehead atoms. The molecule has 2 aliphatic heterocycles. The third-order valence-corrected chi connectivity index (χ3v) is 5.32. The number of β-amino-alcohol motifs (C(OH)–C–C–N with tert-alkyl or cyclic N) is 1. The Hall–Kier alpha value is -1.54. The smallest absolute Gasteiger partial charge is 0.234 e. The number of carbonyl (C=O) groups is 1. The maximum Gasteiger partial charge on any atom is 0.234 e. The Morgan fingerprint density at radius 2 is 2.15 bits per heavy atom. The Balaban J connectivity index is 1.42. The number of carbonyl (C=O) groups excluding carboxylic acids is 1. The van der Waals surface area contributed by atoms with E-state index in [0.717, 1.165) is 57.7 Å². The zero-order valence-corrected chi connectivity index (χ0v) is 15.7. The summed E-state index contributed by atoms with van der Waals surface area (Å²) in [4.78, 5) is 23.3. The van der Waals surface area contributed by atoms with Crippen LogP contribution in [0, 0.1) is 0 Å². The second kappa shape index (κ2) is 9.41. The van der Waals surface area contributed by atoms with E-state index in [9.17, 15) is 9.90 Å². The molecule has 3 heterocycles. The number of nitrogens with zero attached hydrogens (tertiary/aromatic N) is 4. The summed E-state index contributed by atoms with van der Waals surface area (Å²) in [5.74, 6) is 0.0271. The Morgan fingerprint density at radius 1 is 1.27 bits per heavy atom. The molecule has 3 rings (SSSR count). The van der Waals surface area contributed by atoms with E-state index >= 15 is 0 Å². The molecular formula is C19H31N5O2. The Morgan fingerprint density at radius 3 is 2.92 bits per heavy atom. The van der Waals surface area contributed by atoms with Gasteiger partial charge in [0.25, 0.3) is 0 Å². The van der Waals surface area contributed by atoms with E-state index in [4.69, 9.17) is 0 Å². The van der Waals surface area contributed by atoms with Crippen LogP contribution in [0.2, 0.25) is 0 Å². The first kappa shape index (κ1) is 19.2. The molecule has 1 amide bonds. The molecular weight excluding hydrogens is 330 g/mol. The summed E-state index contributed by atoms with van der Waals surface area (Å²) in [6, 6.07) is 3.83. The molecule has 0 saturated carbocycles. The largest absolute Gasteiger partial charge is 0.390 e. The normalized spacial score (nSPS) is 26.4. The highest BCUT2D eigenvalue weighted by Gasteiger charge is 2.29. The fourth-order valence-corrected chi connectivity index (χ4v) is 3.77. The van der Waals surface area contributed by atoms with E-state index < -0.39 is 6.10 Å². The van der Waals surface area contributed by atoms with Crippen LogP contribution in [0.25, 0.3) is 0 Å². The van der Waals surface area contributed by atoms with Crippen LogP contribution >= 0.6 is 0 Å². The molecule has 0 aliphatic carbocycles. The summed E-state index contributed by atoms with van der Waals surface area (Å²) in [7, 11) is 2.12. The second-order valence-electron chi connectivity index (χ2n) is 7.56. The highest BCUT2D eigenvalue weighted by molar-refractivity contribution is 5.78. The monoisotopic (exact) mass is 361 g/mol. The van der Waals surface area contributed by atoms with Gasteiger partial charge >= 0.3 is 0 Å². The quantitative estimate of drug-likeness (QED) is 0.755. The first-order chi connectivity index (χ1) is 12.6. The van der Waals surface area contributed by atoms with Gasteiger partial charge in [-0.15, -0.1) is 0 Å². The number of nitrogens with one attached hydrogen (secondary N) is 1. The van der Waals surface area contributed by atoms with Crippen LogP contribution in [-0.4, -0.2) is 95.7 Å². The lowest BCUT2D eigenvalue weighted by atomic mass is 10.0. The van der Waals surface area contributed by atoms with Crippen molar-refractivity contribution < 1.29 is 9.90 Å². The molecule has 1 aromatic heterocycles. The van der Waals surface area contributed by atoms with Gasteiger partial charge in [-0.25, -0.2) is 0 Å². The average Bonchev–Trinajstić information content (AvgIpc) is 2.82. The van der Waals surface area contributed by atoms with Gasteiger partial charge in [0.1, 0.15) is 0 Å². The third-order valence-electron chi connectivity index (χ3n) is 5.32. The van der Waals surface area contributed by atoms with Gasteiger partial charge in [-0.3, -0.25) is 19.6 Å². The molecule has 2 atom stereocenters. The van der Waals surface area contributed by atoms with Crippen molar-refractivity contribution in [3.63, 3.8) is 0 Å². The molecule has 144 valence electrons. The lowest BCUT2D eigenvalue weighted by Gasteiger charge is -2.36. The molecule has 2 N–H and O–H groups in total. The van der Waals surface area contributed by atoms with E-state index in [1.54, 1.807) is 6.20 Å². The summed E-state index contributed by atoms with van der Waals surface area (Å²) in [5.41, 5.74) is 1.15. The van der Waals surface area contributed by atoms with Gasteiger partial charge in [0.15, 0.2) is 0 Å². The molecule has 1 aromatic rings. The van der Waals surface area contributed by atoms with Gasteiger partial charge in [0, 0.05) is 45.1 Å². The van der Waals surface area contributed by atoms with Gasteiger partial charge in [0.05, 0.1) is 18.7 Å². The highest BCUT2D eigenvalue weighted by atomic mass is 16.3. The molecule has 2 fully saturated rings. The van der Waals surface area contributed by atoms with E-state index in [-0.39, 0.29) is 11.9 Å². The van der Waals surface area contributed by atoms with Crippen LogP contribution in [-0.2, 0) is 11.3 Å². The zero-order valence-electron chi connectivity index (χ0n) is 15.7. The van der Waals surface area contributed by atoms with Crippen molar-refractivity contribution in [2.24, 2.45) is 0 Å². The standard InChI is InChI=1S/C19H31N5O2/c1-22-7-3-8-23(11-10-22)15-19(26)21-17-5-9-24(14-18(17)25)13-16-4-2-6-20-12-16/h2,4,6,12,17-18,25H,3,5,7-11,13-15H2,1H3,(H,21,26). The predicted octanol–water partition coefficient (Wildman–Crippen LogP) is -0.229. The molecule has 0 spiro atoms. The van der Waals surface area contributed by atoms with Gasteiger partial charge < -0.3 is 15.3 Å². The van der Waals surface area contributed by atoms with Crippen molar-refractivity contribution in [1.29, 1.82) is 0 Å². The molecule has 0 aromatic carbocycles. The first-order valence-corrected chi connectivity index (χ1v) is 9.60. The van der Waals surface area contributed by atoms with Gasteiger partial charge in [-0.2, -0.15) is 0 Å². The summed E-state index contributed by atoms with van der Waals surface area (Å²) < 4.78 is 0. The van der Waals surface area contributed by atoms with Crippen molar-refractivity contribution in [2.45, 2.75) is 31.5 Å². The minimum Gasteiger partial charge on any atom is -0.390 e. The molecule has 7 nitrogen and oxygen atoms in total. The number of likely N-dealkylation sites (tertiary alicyclic amines) is 1. The van der Waals surface area contributed by atoms with Crippen LogP contribution in [0.4, 0.5) is 0 Å². The number of rotatable bonds is 5. The molecule has 2 aliphatic rings. The number of likely N-dealkylation sites (N-methyl/N-ethyl adjacent to an activating group) is 1. The molecule has 7 heteroatoms. The number of hydrogen-bond acceptors (Lipinski definition) is 6. The fraction of sp³-hybridized carbons (Fsp3) is 0.684. The lowest BCUT2D eigenvalue weighted by Crippen LogP contribution is -2.55. The lowest BCUT2D eigenvalue weighted by molar-refractivity contribution is -0.124. The van der Waals surface area contributed by atoms with E-state index in [1.807, 2.05) is 18.3 Å². The van der Waals surface area contributed by atoms with Crippen LogP contribution in [0.5, 0.6) is 0 Å². The van der Waals surface area contributed by atoms with Crippen molar-refractivity contribution in [3.8, 4) is 0 Å². The maximum atomic E-state index is 12.4. The summed E-state index contributed by atoms with van der Waals surface area (Å²) in [6.07, 6.45) is 4.97. The SMILES string of the molecule is CN1CCCN(CC(=O)NC2CCN(Cc3cccnc3)CC2O)CC1. The van der Waals surface area contributed by atoms with Crippen LogP contribution in [0.1, 0.15) is 18.4 Å². The van der Waals surface area contributed by atoms with Crippen LogP contribution in [0.15, 0.2) is 24.5 Å². The minimum atomic E-state index is -0.528. The van der Waals surface area contributed by atoms with E-state index in [1.165, 1.54) is 0 Å². The number of pyridine rings is 1. The van der Waals surface area contributed by atoms with Gasteiger partial charge in [-0.05, 0) is 44.6 Å². The Bertz CT molecular complexity index is 570. The van der Waals surface area contributed by atoms with E-state index in [2.05, 4.69) is 32.0 Å². The number of hydrogen-bond donors (Lipinski definition) is 2. The Labute approximate surface area is 156 Å². The van der Waals surface area contributed by atoms with Crippen molar-refractivity contribution in [1.82, 2.24) is 25.0 Å². The second-order valence-corrected chi connectivity index (χ2v) is 7.56. The highest BCUT2D eigenvalue weighted by Crippen LogP contribution is 2.14. The third kappa shape index (κ3) is 5.74. The number of aliphatic hydroxyl groups is 1. The van der Waals surface area contributed by atoms with Gasteiger partial charge in [0.2, 0.25) is 5.91 Å². The topological polar surface area (TPSA) is 71.9 Å². The zero-order chi connectivity index (χ0) is 18.4. The molecule has 2 saturated heterocycles. The maximum absolute atomic E-state index is 12.4. The number of amides is 1. The summed E-state index contributed by atoms with van der Waals surface area (Å²) in [5, 5.41) is 13.5. The molecule has 26 heavy (non-hydrogen) atoms. The average molecular weight is 361 g/mol. The fourth-order valence-electron chi connectivity index (χ4n) is 3.77. The summed E-state index contributed by atoms with van der Waals surface area (Å²) >= 11 is 0. The Kier molecular flexibility index (Phi) is 6.96. The number of aromatic nitrogens is 1. The predicted molar refractivity (Wildman–Crippen MR) is 101 cm³/mol. The number of aliphatic hydroxyl groups excluding tert-OH is 1. The van der Waals surface area contributed by atoms with Crippen LogP contribution < -0.4 is 5.32 Å². The minimum absolute atomic E-state index is 0.0271. The van der Waals surface area contributed by atoms with Crippen LogP contribution in [0.3, 0.4) is 0 Å². The van der Waals surface area contributed by atoms with Gasteiger partial charge in [-0.1, -0.05) is 6.07 Å². The van der Waals surface area contributed by atoms with Crippen molar-refractivity contribution >= 4 is 5.91 Å². The molecule has 2 unspecified atom stereocenters. The van der Waals surface area contributed by atoms with Crippen molar-refractivity contribution in [3.05, 3.63) is 30.1 Å². The molecule has 0 radical (unpaired) electrons. The van der Waals surface area contributed by atoms with E-state index in [0.29, 0.717) is 13.1 Å². The summed E-state index contributed by atoms with van der Waals surface area (Å²) in [6.45, 7) is 6.64. The first-order valence-electron chi connectivity index (χ1n) is 9.60. The number of piperidine rings is 1. The van der Waals surface area contributed by atoms with Crippen molar-refractivity contribution in [2.75, 3.05) is 52.9 Å².